The van der Waals surface area contributed by atoms with Crippen molar-refractivity contribution >= 4 is 23.4 Å². The number of aryl methyl sites for hydroxylation is 1. The maximum atomic E-state index is 13.4. The molecule has 2 aromatic rings. The molecule has 7 heteroatoms. The van der Waals surface area contributed by atoms with E-state index in [1.165, 1.54) is 25.5 Å². The van der Waals surface area contributed by atoms with E-state index in [0.717, 1.165) is 60.2 Å². The molecule has 4 rings (SSSR count). The van der Waals surface area contributed by atoms with Crippen molar-refractivity contribution in [2.24, 2.45) is 10.7 Å². The molecule has 1 atom stereocenters. The van der Waals surface area contributed by atoms with Gasteiger partial charge in [0.2, 0.25) is 0 Å². The average Bonchev–Trinajstić information content (AvgIpc) is 2.86. The molecule has 192 valence electrons. The molecular formula is C29H39N5O2. The lowest BCUT2D eigenvalue weighted by atomic mass is 9.91. The van der Waals surface area contributed by atoms with Crippen LogP contribution in [0.1, 0.15) is 59.3 Å². The predicted molar refractivity (Wildman–Crippen MR) is 148 cm³/mol. The van der Waals surface area contributed by atoms with Crippen molar-refractivity contribution in [1.82, 2.24) is 10.2 Å². The van der Waals surface area contributed by atoms with Gasteiger partial charge in [-0.2, -0.15) is 0 Å². The molecule has 2 fully saturated rings. The van der Waals surface area contributed by atoms with E-state index in [-0.39, 0.29) is 11.9 Å². The second-order valence-corrected chi connectivity index (χ2v) is 9.81. The Morgan fingerprint density at radius 2 is 1.92 bits per heavy atom. The van der Waals surface area contributed by atoms with Crippen LogP contribution in [0, 0.1) is 6.92 Å². The van der Waals surface area contributed by atoms with Crippen molar-refractivity contribution in [2.45, 2.75) is 45.2 Å². The highest BCUT2D eigenvalue weighted by Gasteiger charge is 2.28. The molecule has 1 heterocycles. The maximum Gasteiger partial charge on any atom is 0.252 e. The van der Waals surface area contributed by atoms with Crippen LogP contribution in [0.15, 0.2) is 47.6 Å². The van der Waals surface area contributed by atoms with Gasteiger partial charge in [-0.05, 0) is 73.7 Å². The minimum Gasteiger partial charge on any atom is -0.497 e. The number of nitrogens with one attached hydrogen (secondary N) is 1. The standard InChI is InChI=1S/C29H39N5O2/c1-20-8-9-26(34-12-10-33(11-13-34)25-6-5-7-25)17-28(20)29(35)32-21(2)22-14-23(16-27(15-22)36-4)24(18-30)19-31-3/h8-9,14-19,21,25H,5-7,10-13,30H2,1-4H3,(H,32,35)/t21-/m1/s1. The summed E-state index contributed by atoms with van der Waals surface area (Å²) < 4.78 is 5.51. The van der Waals surface area contributed by atoms with Crippen LogP contribution in [-0.4, -0.2) is 63.4 Å². The van der Waals surface area contributed by atoms with E-state index in [1.807, 2.05) is 38.1 Å². The zero-order valence-corrected chi connectivity index (χ0v) is 22.0. The van der Waals surface area contributed by atoms with Crippen LogP contribution in [0.2, 0.25) is 0 Å². The van der Waals surface area contributed by atoms with E-state index in [0.29, 0.717) is 11.3 Å². The van der Waals surface area contributed by atoms with Gasteiger partial charge in [-0.3, -0.25) is 14.7 Å². The zero-order valence-electron chi connectivity index (χ0n) is 22.0. The number of methoxy groups -OCH3 is 1. The number of benzene rings is 2. The first kappa shape index (κ1) is 25.8. The Hall–Kier alpha value is -3.32. The predicted octanol–water partition coefficient (Wildman–Crippen LogP) is 4.17. The molecule has 1 aliphatic heterocycles. The Balaban J connectivity index is 1.48. The molecule has 0 radical (unpaired) electrons. The van der Waals surface area contributed by atoms with Crippen LogP contribution < -0.4 is 20.7 Å². The number of rotatable bonds is 8. The lowest BCUT2D eigenvalue weighted by molar-refractivity contribution is 0.0939. The fourth-order valence-corrected chi connectivity index (χ4v) is 5.02. The summed E-state index contributed by atoms with van der Waals surface area (Å²) >= 11 is 0. The summed E-state index contributed by atoms with van der Waals surface area (Å²) in [6, 6.07) is 12.7. The first-order chi connectivity index (χ1) is 17.4. The Kier molecular flexibility index (Phi) is 8.31. The molecule has 2 aromatic carbocycles. The van der Waals surface area contributed by atoms with Gasteiger partial charge in [0, 0.05) is 68.5 Å². The van der Waals surface area contributed by atoms with Crippen LogP contribution >= 0.6 is 0 Å². The number of aliphatic imine (C=N–C) groups is 1. The minimum absolute atomic E-state index is 0.0796. The lowest BCUT2D eigenvalue weighted by Gasteiger charge is -2.43. The number of allylic oxidation sites excluding steroid dienone is 1. The van der Waals surface area contributed by atoms with E-state index in [1.54, 1.807) is 20.4 Å². The molecular weight excluding hydrogens is 450 g/mol. The molecule has 1 saturated heterocycles. The van der Waals surface area contributed by atoms with Crippen molar-refractivity contribution in [1.29, 1.82) is 0 Å². The number of carbonyl (C=O) groups excluding carboxylic acids is 1. The Bertz CT molecular complexity index is 1130. The number of carbonyl (C=O) groups is 1. The molecule has 7 nitrogen and oxygen atoms in total. The molecule has 1 saturated carbocycles. The number of hydrogen-bond acceptors (Lipinski definition) is 6. The second kappa shape index (κ2) is 11.6. The van der Waals surface area contributed by atoms with E-state index < -0.39 is 0 Å². The fourth-order valence-electron chi connectivity index (χ4n) is 5.02. The number of piperazine rings is 1. The molecule has 0 bridgehead atoms. The number of hydrogen-bond donors (Lipinski definition) is 2. The quantitative estimate of drug-likeness (QED) is 0.544. The van der Waals surface area contributed by atoms with Gasteiger partial charge in [-0.1, -0.05) is 12.5 Å². The summed E-state index contributed by atoms with van der Waals surface area (Å²) in [7, 11) is 3.34. The van der Waals surface area contributed by atoms with Gasteiger partial charge in [0.15, 0.2) is 0 Å². The zero-order chi connectivity index (χ0) is 25.7. The van der Waals surface area contributed by atoms with Crippen LogP contribution in [0.25, 0.3) is 5.57 Å². The van der Waals surface area contributed by atoms with Crippen LogP contribution in [0.3, 0.4) is 0 Å². The summed E-state index contributed by atoms with van der Waals surface area (Å²) in [5, 5.41) is 3.18. The van der Waals surface area contributed by atoms with Crippen LogP contribution in [-0.2, 0) is 0 Å². The third-order valence-electron chi connectivity index (χ3n) is 7.53. The fraction of sp³-hybridized carbons (Fsp3) is 0.448. The van der Waals surface area contributed by atoms with Gasteiger partial charge >= 0.3 is 0 Å². The highest BCUT2D eigenvalue weighted by atomic mass is 16.5. The maximum absolute atomic E-state index is 13.4. The topological polar surface area (TPSA) is 83.2 Å². The summed E-state index contributed by atoms with van der Waals surface area (Å²) in [5.74, 6) is 0.621. The third-order valence-corrected chi connectivity index (χ3v) is 7.53. The van der Waals surface area contributed by atoms with Crippen molar-refractivity contribution in [3.8, 4) is 5.75 Å². The van der Waals surface area contributed by atoms with Crippen molar-refractivity contribution in [3.63, 3.8) is 0 Å². The van der Waals surface area contributed by atoms with Crippen LogP contribution in [0.5, 0.6) is 5.75 Å². The smallest absolute Gasteiger partial charge is 0.252 e. The summed E-state index contributed by atoms with van der Waals surface area (Å²) in [5.41, 5.74) is 11.2. The summed E-state index contributed by atoms with van der Waals surface area (Å²) in [6.45, 7) is 8.16. The van der Waals surface area contributed by atoms with Gasteiger partial charge in [-0.15, -0.1) is 0 Å². The first-order valence-electron chi connectivity index (χ1n) is 12.9. The summed E-state index contributed by atoms with van der Waals surface area (Å²) in [4.78, 5) is 22.5. The Labute approximate surface area is 215 Å². The number of anilines is 1. The average molecular weight is 490 g/mol. The monoisotopic (exact) mass is 489 g/mol. The number of ether oxygens (including phenoxy) is 1. The van der Waals surface area contributed by atoms with Gasteiger partial charge in [0.05, 0.1) is 13.2 Å². The largest absolute Gasteiger partial charge is 0.497 e. The molecule has 0 spiro atoms. The number of amides is 1. The molecule has 3 N–H and O–H groups in total. The van der Waals surface area contributed by atoms with Gasteiger partial charge in [-0.25, -0.2) is 0 Å². The molecule has 1 amide bonds. The van der Waals surface area contributed by atoms with Crippen molar-refractivity contribution in [3.05, 3.63) is 64.9 Å². The molecule has 2 aliphatic rings. The van der Waals surface area contributed by atoms with E-state index in [9.17, 15) is 4.79 Å². The third kappa shape index (κ3) is 5.73. The normalized spacial score (nSPS) is 18.2. The minimum atomic E-state index is -0.224. The Morgan fingerprint density at radius 3 is 2.53 bits per heavy atom. The number of nitrogens with two attached hydrogens (primary N) is 1. The van der Waals surface area contributed by atoms with E-state index >= 15 is 0 Å². The van der Waals surface area contributed by atoms with E-state index in [2.05, 4.69) is 32.2 Å². The van der Waals surface area contributed by atoms with E-state index in [4.69, 9.17) is 10.5 Å². The SMILES string of the molecule is CN=CC(=CN)c1cc(OC)cc([C@@H](C)NC(=O)c2cc(N3CCN(C4CCC4)CC3)ccc2C)c1. The summed E-state index contributed by atoms with van der Waals surface area (Å²) in [6.07, 6.45) is 7.29. The molecule has 0 unspecified atom stereocenters. The van der Waals surface area contributed by atoms with Crippen molar-refractivity contribution < 1.29 is 9.53 Å². The molecule has 1 aliphatic carbocycles. The number of nitrogens with zero attached hydrogens (tertiary/aromatic N) is 3. The Morgan fingerprint density at radius 1 is 1.17 bits per heavy atom. The second-order valence-electron chi connectivity index (χ2n) is 9.81. The highest BCUT2D eigenvalue weighted by molar-refractivity contribution is 6.09. The first-order valence-corrected chi connectivity index (χ1v) is 12.9. The highest BCUT2D eigenvalue weighted by Crippen LogP contribution is 2.29. The molecule has 0 aromatic heterocycles. The van der Waals surface area contributed by atoms with Gasteiger partial charge in [0.1, 0.15) is 5.75 Å². The van der Waals surface area contributed by atoms with Gasteiger partial charge in [0.25, 0.3) is 5.91 Å². The molecule has 36 heavy (non-hydrogen) atoms. The van der Waals surface area contributed by atoms with Crippen LogP contribution in [0.4, 0.5) is 5.69 Å². The van der Waals surface area contributed by atoms with Crippen molar-refractivity contribution in [2.75, 3.05) is 45.2 Å². The lowest BCUT2D eigenvalue weighted by Crippen LogP contribution is -2.52. The van der Waals surface area contributed by atoms with Gasteiger partial charge < -0.3 is 20.7 Å².